The molecular weight excluding hydrogens is 372 g/mol. The molecule has 26 heavy (non-hydrogen) atoms. The van der Waals surface area contributed by atoms with Crippen molar-refractivity contribution in [3.63, 3.8) is 0 Å². The van der Waals surface area contributed by atoms with E-state index in [0.29, 0.717) is 17.0 Å². The predicted molar refractivity (Wildman–Crippen MR) is 91.8 cm³/mol. The van der Waals surface area contributed by atoms with E-state index >= 15 is 0 Å². The van der Waals surface area contributed by atoms with E-state index < -0.39 is 39.3 Å². The van der Waals surface area contributed by atoms with Crippen LogP contribution in [-0.4, -0.2) is 19.6 Å². The summed E-state index contributed by atoms with van der Waals surface area (Å²) in [5.41, 5.74) is 0.321. The van der Waals surface area contributed by atoms with E-state index in [0.717, 1.165) is 30.4 Å². The fraction of sp³-hybridized carbons (Fsp3) is 0. The maximum atomic E-state index is 13.0. The van der Waals surface area contributed by atoms with Crippen LogP contribution in [0, 0.1) is 23.3 Å². The summed E-state index contributed by atoms with van der Waals surface area (Å²) >= 11 is 0. The molecule has 0 aliphatic carbocycles. The summed E-state index contributed by atoms with van der Waals surface area (Å²) in [5.74, 6) is -3.49. The first-order valence-electron chi connectivity index (χ1n) is 6.90. The van der Waals surface area contributed by atoms with Gasteiger partial charge in [0, 0.05) is 23.3 Å². The molecule has 0 amide bonds. The monoisotopic (exact) mass is 384 g/mol. The van der Waals surface area contributed by atoms with E-state index in [9.17, 15) is 30.8 Å². The molecule has 0 unspecified atom stereocenters. The van der Waals surface area contributed by atoms with Crippen molar-refractivity contribution in [3.8, 4) is 0 Å². The van der Waals surface area contributed by atoms with Crippen LogP contribution in [-0.2, 0) is 15.1 Å². The quantitative estimate of drug-likeness (QED) is 0.457. The molecule has 0 N–H and O–H groups in total. The molecular formula is C18H12F4O3S. The minimum absolute atomic E-state index is 0.000156. The van der Waals surface area contributed by atoms with Crippen molar-refractivity contribution in [2.75, 3.05) is 0 Å². The standard InChI is InChI=1S/C10H6F2O3S.C8H6F2/c11-8-3-1-7(10(12)5-8)2-4-9(13)6-16(14)15;1-2-6-3-4-7(9)5-8(6)10/h1-6H;2-5H,1H2. The lowest BCUT2D eigenvalue weighted by Crippen LogP contribution is -1.94. The minimum atomic E-state index is -2.59. The number of hydrogen-bond donors (Lipinski definition) is 0. The number of halogens is 4. The lowest BCUT2D eigenvalue weighted by molar-refractivity contribution is -0.108. The summed E-state index contributed by atoms with van der Waals surface area (Å²) in [7, 11) is -2.59. The Morgan fingerprint density at radius 2 is 1.38 bits per heavy atom. The second-order valence-electron chi connectivity index (χ2n) is 4.65. The molecule has 8 heteroatoms. The Morgan fingerprint density at radius 1 is 0.885 bits per heavy atom. The second kappa shape index (κ2) is 10.1. The number of ketones is 1. The molecule has 0 spiro atoms. The number of carbonyl (C=O) groups excluding carboxylic acids is 1. The molecule has 0 atom stereocenters. The van der Waals surface area contributed by atoms with Crippen LogP contribution in [0.4, 0.5) is 17.6 Å². The first-order chi connectivity index (χ1) is 12.2. The van der Waals surface area contributed by atoms with Crippen molar-refractivity contribution >= 4 is 33.6 Å². The Balaban J connectivity index is 0.000000289. The number of carbonyl (C=O) groups is 1. The van der Waals surface area contributed by atoms with Gasteiger partial charge in [0.2, 0.25) is 10.3 Å². The van der Waals surface area contributed by atoms with Gasteiger partial charge in [-0.15, -0.1) is 0 Å². The van der Waals surface area contributed by atoms with Crippen LogP contribution in [0.1, 0.15) is 11.1 Å². The van der Waals surface area contributed by atoms with Gasteiger partial charge in [-0.05, 0) is 36.4 Å². The van der Waals surface area contributed by atoms with Gasteiger partial charge in [0.15, 0.2) is 5.78 Å². The zero-order valence-corrected chi connectivity index (χ0v) is 13.9. The van der Waals surface area contributed by atoms with Crippen molar-refractivity contribution in [3.05, 3.63) is 83.4 Å². The smallest absolute Gasteiger partial charge is 0.218 e. The topological polar surface area (TPSA) is 51.2 Å². The molecule has 0 radical (unpaired) electrons. The predicted octanol–water partition coefficient (Wildman–Crippen LogP) is 3.84. The van der Waals surface area contributed by atoms with E-state index in [-0.39, 0.29) is 5.56 Å². The maximum absolute atomic E-state index is 13.0. The molecule has 0 fully saturated rings. The second-order valence-corrected chi connectivity index (χ2v) is 5.41. The van der Waals surface area contributed by atoms with Crippen LogP contribution >= 0.6 is 0 Å². The lowest BCUT2D eigenvalue weighted by atomic mass is 10.2. The lowest BCUT2D eigenvalue weighted by Gasteiger charge is -1.95. The molecule has 3 nitrogen and oxygen atoms in total. The zero-order chi connectivity index (χ0) is 19.7. The Labute approximate surface area is 148 Å². The van der Waals surface area contributed by atoms with Gasteiger partial charge < -0.3 is 0 Å². The van der Waals surface area contributed by atoms with Crippen molar-refractivity contribution in [2.24, 2.45) is 0 Å². The van der Waals surface area contributed by atoms with Gasteiger partial charge in [0.1, 0.15) is 28.6 Å². The number of allylic oxidation sites excluding steroid dienone is 1. The summed E-state index contributed by atoms with van der Waals surface area (Å²) in [6.45, 7) is 3.36. The Morgan fingerprint density at radius 3 is 1.81 bits per heavy atom. The van der Waals surface area contributed by atoms with Gasteiger partial charge in [0.25, 0.3) is 0 Å². The zero-order valence-electron chi connectivity index (χ0n) is 13.1. The molecule has 0 heterocycles. The van der Waals surface area contributed by atoms with Crippen LogP contribution in [0.5, 0.6) is 0 Å². The molecule has 0 aromatic heterocycles. The van der Waals surface area contributed by atoms with Crippen LogP contribution < -0.4 is 0 Å². The number of rotatable bonds is 4. The summed E-state index contributed by atoms with van der Waals surface area (Å²) in [6.07, 6.45) is 3.29. The summed E-state index contributed by atoms with van der Waals surface area (Å²) in [4.78, 5) is 10.9. The Kier molecular flexibility index (Phi) is 8.17. The number of benzene rings is 2. The van der Waals surface area contributed by atoms with Crippen molar-refractivity contribution < 1.29 is 30.8 Å². The molecule has 0 aliphatic rings. The Bertz CT molecular complexity index is 972. The van der Waals surface area contributed by atoms with Gasteiger partial charge in [-0.25, -0.2) is 17.6 Å². The van der Waals surface area contributed by atoms with Crippen molar-refractivity contribution in [1.29, 1.82) is 0 Å². The van der Waals surface area contributed by atoms with Crippen molar-refractivity contribution in [1.82, 2.24) is 0 Å². The average molecular weight is 384 g/mol. The molecule has 0 saturated heterocycles. The van der Waals surface area contributed by atoms with Gasteiger partial charge in [0.05, 0.1) is 0 Å². The third-order valence-electron chi connectivity index (χ3n) is 2.78. The third kappa shape index (κ3) is 7.27. The van der Waals surface area contributed by atoms with Crippen molar-refractivity contribution in [2.45, 2.75) is 0 Å². The maximum Gasteiger partial charge on any atom is 0.218 e. The highest BCUT2D eigenvalue weighted by molar-refractivity contribution is 7.73. The van der Waals surface area contributed by atoms with E-state index in [1.807, 2.05) is 0 Å². The normalized spacial score (nSPS) is 10.0. The molecule has 0 aliphatic heterocycles. The molecule has 2 aromatic carbocycles. The van der Waals surface area contributed by atoms with E-state index in [4.69, 9.17) is 0 Å². The highest BCUT2D eigenvalue weighted by Crippen LogP contribution is 2.11. The molecule has 0 bridgehead atoms. The van der Waals surface area contributed by atoms with Crippen LogP contribution in [0.25, 0.3) is 12.2 Å². The molecule has 2 aromatic rings. The van der Waals surface area contributed by atoms with Crippen LogP contribution in [0.15, 0.2) is 49.1 Å². The van der Waals surface area contributed by atoms with E-state index in [1.165, 1.54) is 18.2 Å². The summed E-state index contributed by atoms with van der Waals surface area (Å²) < 4.78 is 70.5. The van der Waals surface area contributed by atoms with Gasteiger partial charge in [-0.1, -0.05) is 12.7 Å². The van der Waals surface area contributed by atoms with Gasteiger partial charge in [-0.3, -0.25) is 4.79 Å². The largest absolute Gasteiger partial charge is 0.289 e. The van der Waals surface area contributed by atoms with Crippen LogP contribution in [0.3, 0.4) is 0 Å². The summed E-state index contributed by atoms with van der Waals surface area (Å²) in [5, 5.41) is 0.442. The third-order valence-corrected chi connectivity index (χ3v) is 3.21. The molecule has 2 rings (SSSR count). The Hall–Kier alpha value is -3.00. The van der Waals surface area contributed by atoms with Gasteiger partial charge >= 0.3 is 0 Å². The first kappa shape index (κ1) is 21.0. The van der Waals surface area contributed by atoms with Crippen LogP contribution in [0.2, 0.25) is 0 Å². The fourth-order valence-electron chi connectivity index (χ4n) is 1.61. The summed E-state index contributed by atoms with van der Waals surface area (Å²) in [6, 6.07) is 6.21. The molecule has 0 saturated carbocycles. The minimum Gasteiger partial charge on any atom is -0.289 e. The van der Waals surface area contributed by atoms with E-state index in [2.05, 4.69) is 6.58 Å². The SMILES string of the molecule is C=Cc1ccc(F)cc1F.O=C(C=Cc1ccc(F)cc1F)C=S(=O)=O. The van der Waals surface area contributed by atoms with E-state index in [1.54, 1.807) is 0 Å². The van der Waals surface area contributed by atoms with Gasteiger partial charge in [-0.2, -0.15) is 8.42 Å². The highest BCUT2D eigenvalue weighted by atomic mass is 32.2. The average Bonchev–Trinajstić information content (AvgIpc) is 2.54. The highest BCUT2D eigenvalue weighted by Gasteiger charge is 2.00. The fourth-order valence-corrected chi connectivity index (χ4v) is 1.88. The first-order valence-corrected chi connectivity index (χ1v) is 8.04. The molecule has 136 valence electrons. The number of hydrogen-bond acceptors (Lipinski definition) is 3.